The molecule has 0 radical (unpaired) electrons. The largest absolute Gasteiger partial charge is 0.494 e. The van der Waals surface area contributed by atoms with Gasteiger partial charge in [0.05, 0.1) is 11.5 Å². The van der Waals surface area contributed by atoms with E-state index in [4.69, 9.17) is 9.26 Å². The zero-order valence-corrected chi connectivity index (χ0v) is 15.2. The van der Waals surface area contributed by atoms with Gasteiger partial charge in [-0.15, -0.1) is 0 Å². The third-order valence-corrected chi connectivity index (χ3v) is 4.67. The fourth-order valence-corrected chi connectivity index (χ4v) is 2.95. The molecule has 1 heterocycles. The van der Waals surface area contributed by atoms with Crippen LogP contribution in [0.15, 0.2) is 33.7 Å². The second kappa shape index (κ2) is 7.31. The third kappa shape index (κ3) is 4.78. The molecule has 0 aliphatic heterocycles. The first-order valence-corrected chi connectivity index (χ1v) is 9.26. The van der Waals surface area contributed by atoms with Crippen molar-refractivity contribution in [2.45, 2.75) is 44.4 Å². The van der Waals surface area contributed by atoms with E-state index >= 15 is 0 Å². The number of hydrogen-bond donors (Lipinski definition) is 1. The molecule has 1 aromatic carbocycles. The van der Waals surface area contributed by atoms with Gasteiger partial charge in [0.2, 0.25) is 15.9 Å². The lowest BCUT2D eigenvalue weighted by molar-refractivity contribution is 0.318. The smallest absolute Gasteiger partial charge is 0.240 e. The van der Waals surface area contributed by atoms with E-state index in [1.165, 1.54) is 12.1 Å². The van der Waals surface area contributed by atoms with Crippen LogP contribution >= 0.6 is 0 Å². The van der Waals surface area contributed by atoms with Crippen molar-refractivity contribution in [2.75, 3.05) is 13.2 Å². The Hall–Kier alpha value is -1.93. The number of sulfonamides is 1. The molecule has 0 atom stereocenters. The molecular formula is C16H23N3O4S. The molecule has 8 heteroatoms. The molecule has 0 fully saturated rings. The number of nitrogens with one attached hydrogen (secondary N) is 1. The highest BCUT2D eigenvalue weighted by Crippen LogP contribution is 2.20. The van der Waals surface area contributed by atoms with Gasteiger partial charge in [-0.3, -0.25) is 0 Å². The van der Waals surface area contributed by atoms with Gasteiger partial charge in [0.15, 0.2) is 5.82 Å². The van der Waals surface area contributed by atoms with Gasteiger partial charge < -0.3 is 9.26 Å². The van der Waals surface area contributed by atoms with Crippen molar-refractivity contribution in [3.05, 3.63) is 36.0 Å². The molecule has 0 saturated carbocycles. The number of ether oxygens (including phenoxy) is 1. The summed E-state index contributed by atoms with van der Waals surface area (Å²) in [6.45, 7) is 8.51. The summed E-state index contributed by atoms with van der Waals surface area (Å²) in [5, 5.41) is 3.87. The number of rotatable bonds is 7. The van der Waals surface area contributed by atoms with E-state index in [9.17, 15) is 8.42 Å². The molecule has 2 aromatic rings. The monoisotopic (exact) mass is 353 g/mol. The highest BCUT2D eigenvalue weighted by molar-refractivity contribution is 7.89. The van der Waals surface area contributed by atoms with Gasteiger partial charge in [-0.1, -0.05) is 25.9 Å². The summed E-state index contributed by atoms with van der Waals surface area (Å²) >= 11 is 0. The Morgan fingerprint density at radius 1 is 1.21 bits per heavy atom. The summed E-state index contributed by atoms with van der Waals surface area (Å²) < 4.78 is 37.5. The molecule has 0 bridgehead atoms. The summed E-state index contributed by atoms with van der Waals surface area (Å²) in [7, 11) is -3.58. The van der Waals surface area contributed by atoms with Gasteiger partial charge in [0.25, 0.3) is 0 Å². The topological polar surface area (TPSA) is 94.3 Å². The predicted octanol–water partition coefficient (Wildman–Crippen LogP) is 2.29. The van der Waals surface area contributed by atoms with E-state index in [0.717, 1.165) is 0 Å². The zero-order valence-electron chi connectivity index (χ0n) is 14.4. The maximum Gasteiger partial charge on any atom is 0.240 e. The second-order valence-corrected chi connectivity index (χ2v) is 8.08. The number of benzene rings is 1. The highest BCUT2D eigenvalue weighted by Gasteiger charge is 2.22. The molecule has 0 unspecified atom stereocenters. The van der Waals surface area contributed by atoms with Gasteiger partial charge in [0.1, 0.15) is 5.75 Å². The van der Waals surface area contributed by atoms with Crippen LogP contribution in [0.3, 0.4) is 0 Å². The van der Waals surface area contributed by atoms with Crippen LogP contribution in [0, 0.1) is 0 Å². The van der Waals surface area contributed by atoms with E-state index in [1.54, 1.807) is 12.1 Å². The summed E-state index contributed by atoms with van der Waals surface area (Å²) in [5.41, 5.74) is -0.229. The molecule has 7 nitrogen and oxygen atoms in total. The normalized spacial score (nSPS) is 12.3. The third-order valence-electron chi connectivity index (χ3n) is 3.20. The van der Waals surface area contributed by atoms with Gasteiger partial charge in [0, 0.05) is 18.4 Å². The first-order chi connectivity index (χ1) is 11.2. The second-order valence-electron chi connectivity index (χ2n) is 6.32. The van der Waals surface area contributed by atoms with Gasteiger partial charge in [-0.05, 0) is 31.2 Å². The summed E-state index contributed by atoms with van der Waals surface area (Å²) in [6, 6.07) is 6.29. The van der Waals surface area contributed by atoms with E-state index in [1.807, 2.05) is 27.7 Å². The van der Waals surface area contributed by atoms with Crippen molar-refractivity contribution < 1.29 is 17.7 Å². The van der Waals surface area contributed by atoms with Crippen molar-refractivity contribution in [2.24, 2.45) is 0 Å². The van der Waals surface area contributed by atoms with Crippen LogP contribution in [0.5, 0.6) is 5.75 Å². The van der Waals surface area contributed by atoms with E-state index in [-0.39, 0.29) is 16.9 Å². The summed E-state index contributed by atoms with van der Waals surface area (Å²) in [6.07, 6.45) is 0.357. The first-order valence-electron chi connectivity index (χ1n) is 7.78. The van der Waals surface area contributed by atoms with Crippen LogP contribution in [0.2, 0.25) is 0 Å². The van der Waals surface area contributed by atoms with Crippen LogP contribution in [0.1, 0.15) is 39.4 Å². The SMILES string of the molecule is CCOc1ccc(S(=O)(=O)NCCc2noc(C(C)(C)C)n2)cc1. The minimum absolute atomic E-state index is 0.189. The van der Waals surface area contributed by atoms with Crippen LogP contribution in [-0.2, 0) is 21.9 Å². The predicted molar refractivity (Wildman–Crippen MR) is 89.5 cm³/mol. The molecule has 0 aliphatic rings. The van der Waals surface area contributed by atoms with Gasteiger partial charge >= 0.3 is 0 Å². The van der Waals surface area contributed by atoms with Crippen LogP contribution in [0.25, 0.3) is 0 Å². The lowest BCUT2D eigenvalue weighted by Gasteiger charge is -2.10. The summed E-state index contributed by atoms with van der Waals surface area (Å²) in [5.74, 6) is 1.65. The van der Waals surface area contributed by atoms with Crippen molar-refractivity contribution in [3.63, 3.8) is 0 Å². The van der Waals surface area contributed by atoms with Crippen molar-refractivity contribution in [1.29, 1.82) is 0 Å². The van der Waals surface area contributed by atoms with Crippen LogP contribution in [0.4, 0.5) is 0 Å². The zero-order chi connectivity index (χ0) is 17.8. The Bertz CT molecular complexity index is 761. The Labute approximate surface area is 142 Å². The number of aromatic nitrogens is 2. The summed E-state index contributed by atoms with van der Waals surface area (Å²) in [4.78, 5) is 4.47. The van der Waals surface area contributed by atoms with Crippen LogP contribution < -0.4 is 9.46 Å². The number of hydrogen-bond acceptors (Lipinski definition) is 6. The maximum atomic E-state index is 12.2. The average molecular weight is 353 g/mol. The Kier molecular flexibility index (Phi) is 5.61. The Morgan fingerprint density at radius 3 is 2.42 bits per heavy atom. The molecule has 2 rings (SSSR count). The lowest BCUT2D eigenvalue weighted by atomic mass is 9.97. The highest BCUT2D eigenvalue weighted by atomic mass is 32.2. The Balaban J connectivity index is 1.94. The van der Waals surface area contributed by atoms with Crippen molar-refractivity contribution in [1.82, 2.24) is 14.9 Å². The van der Waals surface area contributed by atoms with E-state index < -0.39 is 10.0 Å². The van der Waals surface area contributed by atoms with E-state index in [2.05, 4.69) is 14.9 Å². The van der Waals surface area contributed by atoms with Crippen molar-refractivity contribution >= 4 is 10.0 Å². The van der Waals surface area contributed by atoms with Gasteiger partial charge in [-0.25, -0.2) is 13.1 Å². The fraction of sp³-hybridized carbons (Fsp3) is 0.500. The van der Waals surface area contributed by atoms with E-state index in [0.29, 0.717) is 30.5 Å². The van der Waals surface area contributed by atoms with Crippen LogP contribution in [-0.4, -0.2) is 31.7 Å². The molecular weight excluding hydrogens is 330 g/mol. The van der Waals surface area contributed by atoms with Crippen molar-refractivity contribution in [3.8, 4) is 5.75 Å². The molecule has 0 spiro atoms. The molecule has 1 aromatic heterocycles. The standard InChI is InChI=1S/C16H23N3O4S/c1-5-22-12-6-8-13(9-7-12)24(20,21)17-11-10-14-18-15(23-19-14)16(2,3)4/h6-9,17H,5,10-11H2,1-4H3. The Morgan fingerprint density at radius 2 is 1.88 bits per heavy atom. The molecule has 0 amide bonds. The first kappa shape index (κ1) is 18.4. The quantitative estimate of drug-likeness (QED) is 0.821. The lowest BCUT2D eigenvalue weighted by Crippen LogP contribution is -2.26. The molecule has 24 heavy (non-hydrogen) atoms. The minimum Gasteiger partial charge on any atom is -0.494 e. The molecule has 0 aliphatic carbocycles. The molecule has 132 valence electrons. The minimum atomic E-state index is -3.58. The average Bonchev–Trinajstić information content (AvgIpc) is 2.97. The van der Waals surface area contributed by atoms with Gasteiger partial charge in [-0.2, -0.15) is 4.98 Å². The molecule has 0 saturated heterocycles. The molecule has 1 N–H and O–H groups in total. The number of nitrogens with zero attached hydrogens (tertiary/aromatic N) is 2. The maximum absolute atomic E-state index is 12.2. The fourth-order valence-electron chi connectivity index (χ4n) is 1.92.